The van der Waals surface area contributed by atoms with Crippen LogP contribution in [0.1, 0.15) is 41.3 Å². The van der Waals surface area contributed by atoms with Gasteiger partial charge < -0.3 is 9.84 Å². The molecule has 0 saturated heterocycles. The Balaban J connectivity index is 2.20. The summed E-state index contributed by atoms with van der Waals surface area (Å²) in [5.74, 6) is -0.267. The maximum absolute atomic E-state index is 11.9. The molecule has 0 aliphatic carbocycles. The largest absolute Gasteiger partial charge is 0.496 e. The summed E-state index contributed by atoms with van der Waals surface area (Å²) < 4.78 is 5.44. The number of aromatic nitrogens is 1. The van der Waals surface area contributed by atoms with Gasteiger partial charge in [0, 0.05) is 10.9 Å². The fourth-order valence-corrected chi connectivity index (χ4v) is 3.15. The number of nitrogens with zero attached hydrogens (tertiary/aromatic N) is 1. The molecular formula is C22H23NO3. The molecule has 2 aromatic carbocycles. The Morgan fingerprint density at radius 1 is 1.15 bits per heavy atom. The van der Waals surface area contributed by atoms with Crippen molar-refractivity contribution in [1.29, 1.82) is 0 Å². The van der Waals surface area contributed by atoms with Crippen LogP contribution in [0.3, 0.4) is 0 Å². The zero-order chi connectivity index (χ0) is 18.7. The quantitative estimate of drug-likeness (QED) is 0.659. The molecule has 0 radical (unpaired) electrons. The van der Waals surface area contributed by atoms with Crippen molar-refractivity contribution in [1.82, 2.24) is 4.98 Å². The van der Waals surface area contributed by atoms with Crippen LogP contribution in [0.4, 0.5) is 0 Å². The van der Waals surface area contributed by atoms with E-state index >= 15 is 0 Å². The van der Waals surface area contributed by atoms with Gasteiger partial charge in [-0.2, -0.15) is 0 Å². The van der Waals surface area contributed by atoms with Crippen molar-refractivity contribution in [2.24, 2.45) is 0 Å². The van der Waals surface area contributed by atoms with E-state index in [2.05, 4.69) is 6.92 Å². The molecular weight excluding hydrogens is 326 g/mol. The first-order chi connectivity index (χ1) is 12.5. The third-order valence-corrected chi connectivity index (χ3v) is 4.55. The molecule has 0 aliphatic heterocycles. The molecule has 1 N–H and O–H groups in total. The molecule has 0 aliphatic rings. The van der Waals surface area contributed by atoms with Crippen LogP contribution >= 0.6 is 0 Å². The Labute approximate surface area is 153 Å². The molecule has 3 rings (SSSR count). The van der Waals surface area contributed by atoms with Crippen molar-refractivity contribution in [3.8, 4) is 17.0 Å². The fourth-order valence-electron chi connectivity index (χ4n) is 3.15. The summed E-state index contributed by atoms with van der Waals surface area (Å²) in [6, 6.07) is 13.4. The Kier molecular flexibility index (Phi) is 5.21. The third-order valence-electron chi connectivity index (χ3n) is 4.55. The number of ether oxygens (including phenoxy) is 1. The number of hydrogen-bond donors (Lipinski definition) is 1. The van der Waals surface area contributed by atoms with E-state index in [9.17, 15) is 9.90 Å². The van der Waals surface area contributed by atoms with E-state index in [1.54, 1.807) is 13.2 Å². The minimum Gasteiger partial charge on any atom is -0.496 e. The van der Waals surface area contributed by atoms with Crippen LogP contribution in [-0.4, -0.2) is 23.2 Å². The summed E-state index contributed by atoms with van der Waals surface area (Å²) in [7, 11) is 1.60. The first-order valence-corrected chi connectivity index (χ1v) is 8.85. The van der Waals surface area contributed by atoms with Crippen LogP contribution in [0.25, 0.3) is 22.2 Å². The van der Waals surface area contributed by atoms with Gasteiger partial charge in [0.2, 0.25) is 0 Å². The van der Waals surface area contributed by atoms with Gasteiger partial charge in [-0.1, -0.05) is 31.0 Å². The summed E-state index contributed by atoms with van der Waals surface area (Å²) in [4.78, 5) is 16.6. The number of unbranched alkanes of at least 4 members (excludes halogenated alkanes) is 1. The summed E-state index contributed by atoms with van der Waals surface area (Å²) >= 11 is 0. The molecule has 4 heteroatoms. The Morgan fingerprint density at radius 3 is 2.65 bits per heavy atom. The van der Waals surface area contributed by atoms with Crippen molar-refractivity contribution in [2.45, 2.75) is 33.1 Å². The van der Waals surface area contributed by atoms with E-state index < -0.39 is 5.97 Å². The van der Waals surface area contributed by atoms with E-state index in [1.807, 2.05) is 43.3 Å². The zero-order valence-electron chi connectivity index (χ0n) is 15.4. The standard InChI is InChI=1S/C22H23NO3/c1-4-5-6-15-8-9-19-16(12-15)17(22(24)25)13-20(23-19)18-11-14(2)7-10-21(18)26-3/h7-13H,4-6H2,1-3H3,(H,24,25). The molecule has 0 saturated carbocycles. The van der Waals surface area contributed by atoms with Crippen molar-refractivity contribution in [2.75, 3.05) is 7.11 Å². The van der Waals surface area contributed by atoms with Crippen LogP contribution < -0.4 is 4.74 Å². The predicted octanol–water partition coefficient (Wildman–Crippen LogP) is 5.26. The number of rotatable bonds is 6. The SMILES string of the molecule is CCCCc1ccc2nc(-c3cc(C)ccc3OC)cc(C(=O)O)c2c1. The minimum atomic E-state index is -0.946. The third kappa shape index (κ3) is 3.54. The maximum Gasteiger partial charge on any atom is 0.336 e. The lowest BCUT2D eigenvalue weighted by Crippen LogP contribution is -2.02. The van der Waals surface area contributed by atoms with Crippen LogP contribution in [0.2, 0.25) is 0 Å². The number of fused-ring (bicyclic) bond motifs is 1. The molecule has 26 heavy (non-hydrogen) atoms. The predicted molar refractivity (Wildman–Crippen MR) is 104 cm³/mol. The van der Waals surface area contributed by atoms with Crippen LogP contribution in [0.5, 0.6) is 5.75 Å². The van der Waals surface area contributed by atoms with Crippen molar-refractivity contribution in [3.05, 3.63) is 59.2 Å². The smallest absolute Gasteiger partial charge is 0.336 e. The number of carboxylic acids is 1. The second-order valence-electron chi connectivity index (χ2n) is 6.52. The molecule has 1 heterocycles. The highest BCUT2D eigenvalue weighted by atomic mass is 16.5. The van der Waals surface area contributed by atoms with Gasteiger partial charge in [-0.25, -0.2) is 9.78 Å². The lowest BCUT2D eigenvalue weighted by molar-refractivity contribution is 0.0699. The highest BCUT2D eigenvalue weighted by Gasteiger charge is 2.16. The second-order valence-corrected chi connectivity index (χ2v) is 6.52. The molecule has 0 atom stereocenters. The molecule has 134 valence electrons. The lowest BCUT2D eigenvalue weighted by Gasteiger charge is -2.12. The Bertz CT molecular complexity index is 963. The monoisotopic (exact) mass is 349 g/mol. The molecule has 3 aromatic rings. The topological polar surface area (TPSA) is 59.4 Å². The number of aryl methyl sites for hydroxylation is 2. The Hall–Kier alpha value is -2.88. The molecule has 0 bridgehead atoms. The van der Waals surface area contributed by atoms with Gasteiger partial charge in [0.05, 0.1) is 23.9 Å². The van der Waals surface area contributed by atoms with Crippen LogP contribution in [-0.2, 0) is 6.42 Å². The maximum atomic E-state index is 11.9. The molecule has 0 spiro atoms. The first kappa shape index (κ1) is 17.9. The van der Waals surface area contributed by atoms with Crippen molar-refractivity contribution in [3.63, 3.8) is 0 Å². The average molecular weight is 349 g/mol. The van der Waals surface area contributed by atoms with Gasteiger partial charge in [-0.05, 0) is 55.7 Å². The summed E-state index contributed by atoms with van der Waals surface area (Å²) in [5.41, 5.74) is 4.57. The average Bonchev–Trinajstić information content (AvgIpc) is 2.65. The van der Waals surface area contributed by atoms with Gasteiger partial charge in [0.25, 0.3) is 0 Å². The number of hydrogen-bond acceptors (Lipinski definition) is 3. The van der Waals surface area contributed by atoms with Crippen LogP contribution in [0, 0.1) is 6.92 Å². The van der Waals surface area contributed by atoms with E-state index in [0.29, 0.717) is 22.3 Å². The van der Waals surface area contributed by atoms with Gasteiger partial charge in [-0.3, -0.25) is 0 Å². The normalized spacial score (nSPS) is 10.9. The van der Waals surface area contributed by atoms with E-state index in [0.717, 1.165) is 36.0 Å². The van der Waals surface area contributed by atoms with Gasteiger partial charge in [-0.15, -0.1) is 0 Å². The minimum absolute atomic E-state index is 0.270. The van der Waals surface area contributed by atoms with Crippen molar-refractivity contribution < 1.29 is 14.6 Å². The number of pyridine rings is 1. The summed E-state index contributed by atoms with van der Waals surface area (Å²) in [6.45, 7) is 4.13. The van der Waals surface area contributed by atoms with Gasteiger partial charge in [0.1, 0.15) is 5.75 Å². The van der Waals surface area contributed by atoms with E-state index in [4.69, 9.17) is 9.72 Å². The molecule has 0 amide bonds. The molecule has 0 unspecified atom stereocenters. The van der Waals surface area contributed by atoms with Gasteiger partial charge in [0.15, 0.2) is 0 Å². The highest BCUT2D eigenvalue weighted by molar-refractivity contribution is 6.04. The number of benzene rings is 2. The molecule has 4 nitrogen and oxygen atoms in total. The summed E-state index contributed by atoms with van der Waals surface area (Å²) in [5, 5.41) is 10.4. The van der Waals surface area contributed by atoms with Crippen molar-refractivity contribution >= 4 is 16.9 Å². The van der Waals surface area contributed by atoms with E-state index in [-0.39, 0.29) is 5.56 Å². The lowest BCUT2D eigenvalue weighted by atomic mass is 9.99. The molecule has 0 fully saturated rings. The number of methoxy groups -OCH3 is 1. The zero-order valence-corrected chi connectivity index (χ0v) is 15.4. The highest BCUT2D eigenvalue weighted by Crippen LogP contribution is 2.32. The van der Waals surface area contributed by atoms with Crippen LogP contribution in [0.15, 0.2) is 42.5 Å². The second kappa shape index (κ2) is 7.56. The van der Waals surface area contributed by atoms with Gasteiger partial charge >= 0.3 is 5.97 Å². The summed E-state index contributed by atoms with van der Waals surface area (Å²) in [6.07, 6.45) is 3.13. The fraction of sp³-hybridized carbons (Fsp3) is 0.273. The molecule has 1 aromatic heterocycles. The number of carboxylic acid groups (broad SMARTS) is 1. The Morgan fingerprint density at radius 2 is 1.96 bits per heavy atom. The number of carbonyl (C=O) groups is 1. The van der Waals surface area contributed by atoms with E-state index in [1.165, 1.54) is 0 Å². The first-order valence-electron chi connectivity index (χ1n) is 8.85. The number of aromatic carboxylic acids is 1.